The van der Waals surface area contributed by atoms with E-state index in [0.717, 1.165) is 23.0 Å². The van der Waals surface area contributed by atoms with Crippen LogP contribution in [0.25, 0.3) is 5.69 Å². The van der Waals surface area contributed by atoms with Gasteiger partial charge in [0.25, 0.3) is 0 Å². The maximum atomic E-state index is 12.7. The van der Waals surface area contributed by atoms with Crippen LogP contribution < -0.4 is 5.46 Å². The standard InChI is InChI=1S/C10H7BClF3N2O2/c12-9-2-1-7(3-8(9)10(13,14)15)17-5-6(4-16-17)11(18)19/h1-5,18-19H. The minimum Gasteiger partial charge on any atom is -0.423 e. The predicted octanol–water partition coefficient (Wildman–Crippen LogP) is 1.22. The van der Waals surface area contributed by atoms with Crippen molar-refractivity contribution in [2.45, 2.75) is 6.18 Å². The third-order valence-corrected chi connectivity index (χ3v) is 2.75. The zero-order chi connectivity index (χ0) is 14.2. The van der Waals surface area contributed by atoms with Gasteiger partial charge in [-0.05, 0) is 18.2 Å². The van der Waals surface area contributed by atoms with Gasteiger partial charge >= 0.3 is 13.3 Å². The van der Waals surface area contributed by atoms with Crippen molar-refractivity contribution in [1.29, 1.82) is 0 Å². The number of hydrogen-bond donors (Lipinski definition) is 2. The van der Waals surface area contributed by atoms with Crippen molar-refractivity contribution in [2.24, 2.45) is 0 Å². The Morgan fingerprint density at radius 1 is 1.26 bits per heavy atom. The summed E-state index contributed by atoms with van der Waals surface area (Å²) in [6.45, 7) is 0. The van der Waals surface area contributed by atoms with Crippen molar-refractivity contribution in [3.05, 3.63) is 41.2 Å². The summed E-state index contributed by atoms with van der Waals surface area (Å²) in [7, 11) is -1.73. The second kappa shape index (κ2) is 4.88. The molecule has 2 rings (SSSR count). The quantitative estimate of drug-likeness (QED) is 0.818. The second-order valence-corrected chi connectivity index (χ2v) is 4.16. The zero-order valence-electron chi connectivity index (χ0n) is 9.26. The van der Waals surface area contributed by atoms with Gasteiger partial charge in [0.2, 0.25) is 0 Å². The van der Waals surface area contributed by atoms with Crippen LogP contribution in [-0.2, 0) is 6.18 Å². The first-order valence-electron chi connectivity index (χ1n) is 5.07. The molecule has 0 aliphatic carbocycles. The number of benzene rings is 1. The molecule has 0 aliphatic heterocycles. The molecule has 0 saturated carbocycles. The van der Waals surface area contributed by atoms with Gasteiger partial charge in [-0.25, -0.2) is 4.68 Å². The largest absolute Gasteiger partial charge is 0.491 e. The van der Waals surface area contributed by atoms with Crippen LogP contribution in [0.4, 0.5) is 13.2 Å². The van der Waals surface area contributed by atoms with Crippen LogP contribution >= 0.6 is 11.6 Å². The van der Waals surface area contributed by atoms with Gasteiger partial charge in [0, 0.05) is 17.9 Å². The summed E-state index contributed by atoms with van der Waals surface area (Å²) in [5, 5.41) is 21.2. The molecule has 2 N–H and O–H groups in total. The highest BCUT2D eigenvalue weighted by Gasteiger charge is 2.33. The Hall–Kier alpha value is -1.51. The highest BCUT2D eigenvalue weighted by Crippen LogP contribution is 2.35. The molecule has 0 unspecified atom stereocenters. The predicted molar refractivity (Wildman–Crippen MR) is 63.4 cm³/mol. The molecule has 0 bridgehead atoms. The maximum absolute atomic E-state index is 12.7. The minimum absolute atomic E-state index is 0.0727. The Bertz CT molecular complexity index is 601. The molecule has 2 aromatic rings. The third kappa shape index (κ3) is 2.91. The highest BCUT2D eigenvalue weighted by atomic mass is 35.5. The number of rotatable bonds is 2. The molecule has 4 nitrogen and oxygen atoms in total. The summed E-state index contributed by atoms with van der Waals surface area (Å²) in [4.78, 5) is 0. The lowest BCUT2D eigenvalue weighted by Gasteiger charge is -2.10. The van der Waals surface area contributed by atoms with E-state index in [-0.39, 0.29) is 11.2 Å². The fourth-order valence-electron chi connectivity index (χ4n) is 1.48. The number of aromatic nitrogens is 2. The van der Waals surface area contributed by atoms with Crippen molar-refractivity contribution in [2.75, 3.05) is 0 Å². The Morgan fingerprint density at radius 2 is 1.95 bits per heavy atom. The van der Waals surface area contributed by atoms with E-state index in [9.17, 15) is 13.2 Å². The molecule has 0 saturated heterocycles. The SMILES string of the molecule is OB(O)c1cnn(-c2ccc(Cl)c(C(F)(F)F)c2)c1. The summed E-state index contributed by atoms with van der Waals surface area (Å²) >= 11 is 5.49. The maximum Gasteiger partial charge on any atom is 0.491 e. The molecule has 100 valence electrons. The molecule has 1 aromatic heterocycles. The third-order valence-electron chi connectivity index (χ3n) is 2.42. The Kier molecular flexibility index (Phi) is 3.57. The molecule has 0 fully saturated rings. The van der Waals surface area contributed by atoms with Gasteiger partial charge in [-0.3, -0.25) is 0 Å². The topological polar surface area (TPSA) is 58.3 Å². The summed E-state index contributed by atoms with van der Waals surface area (Å²) in [6.07, 6.45) is -2.21. The molecule has 0 atom stereocenters. The highest BCUT2D eigenvalue weighted by molar-refractivity contribution is 6.58. The van der Waals surface area contributed by atoms with Gasteiger partial charge in [-0.15, -0.1) is 0 Å². The van der Waals surface area contributed by atoms with Crippen molar-refractivity contribution in [1.82, 2.24) is 9.78 Å². The van der Waals surface area contributed by atoms with E-state index < -0.39 is 23.9 Å². The van der Waals surface area contributed by atoms with E-state index in [2.05, 4.69) is 5.10 Å². The second-order valence-electron chi connectivity index (χ2n) is 3.75. The molecule has 0 amide bonds. The van der Waals surface area contributed by atoms with E-state index >= 15 is 0 Å². The van der Waals surface area contributed by atoms with Crippen molar-refractivity contribution in [3.8, 4) is 5.69 Å². The Morgan fingerprint density at radius 3 is 2.47 bits per heavy atom. The van der Waals surface area contributed by atoms with Crippen molar-refractivity contribution in [3.63, 3.8) is 0 Å². The summed E-state index contributed by atoms with van der Waals surface area (Å²) in [5.41, 5.74) is -0.791. The monoisotopic (exact) mass is 290 g/mol. The van der Waals surface area contributed by atoms with Crippen LogP contribution in [0.3, 0.4) is 0 Å². The first-order chi connectivity index (χ1) is 8.79. The van der Waals surface area contributed by atoms with Gasteiger partial charge in [-0.1, -0.05) is 11.6 Å². The Balaban J connectivity index is 2.45. The van der Waals surface area contributed by atoms with Crippen molar-refractivity contribution < 1.29 is 23.2 Å². The first kappa shape index (κ1) is 13.9. The van der Waals surface area contributed by atoms with E-state index in [0.29, 0.717) is 0 Å². The number of halogens is 4. The van der Waals surface area contributed by atoms with E-state index in [1.807, 2.05) is 0 Å². The molecule has 0 aliphatic rings. The van der Waals surface area contributed by atoms with Crippen LogP contribution in [0.1, 0.15) is 5.56 Å². The molecular weight excluding hydrogens is 283 g/mol. The van der Waals surface area contributed by atoms with Gasteiger partial charge in [-0.2, -0.15) is 18.3 Å². The number of hydrogen-bond acceptors (Lipinski definition) is 3. The molecule has 9 heteroatoms. The van der Waals surface area contributed by atoms with Gasteiger partial charge in [0.15, 0.2) is 0 Å². The van der Waals surface area contributed by atoms with Crippen LogP contribution in [0.15, 0.2) is 30.6 Å². The fourth-order valence-corrected chi connectivity index (χ4v) is 1.71. The van der Waals surface area contributed by atoms with Gasteiger partial charge in [0.05, 0.1) is 16.3 Å². The molecule has 0 spiro atoms. The van der Waals surface area contributed by atoms with Crippen LogP contribution in [0.2, 0.25) is 5.02 Å². The molecule has 1 heterocycles. The lowest BCUT2D eigenvalue weighted by Crippen LogP contribution is -2.28. The van der Waals surface area contributed by atoms with Crippen molar-refractivity contribution >= 4 is 24.2 Å². The normalized spacial score (nSPS) is 11.7. The summed E-state index contributed by atoms with van der Waals surface area (Å²) < 4.78 is 39.1. The van der Waals surface area contributed by atoms with Gasteiger partial charge < -0.3 is 10.0 Å². The summed E-state index contributed by atoms with van der Waals surface area (Å²) in [5.74, 6) is 0. The number of alkyl halides is 3. The molecule has 0 radical (unpaired) electrons. The fraction of sp³-hybridized carbons (Fsp3) is 0.100. The zero-order valence-corrected chi connectivity index (χ0v) is 10.0. The molecule has 1 aromatic carbocycles. The van der Waals surface area contributed by atoms with Gasteiger partial charge in [0.1, 0.15) is 0 Å². The summed E-state index contributed by atoms with van der Waals surface area (Å²) in [6, 6.07) is 3.29. The number of nitrogens with zero attached hydrogens (tertiary/aromatic N) is 2. The minimum atomic E-state index is -4.57. The van der Waals surface area contributed by atoms with Crippen LogP contribution in [0, 0.1) is 0 Å². The molecule has 19 heavy (non-hydrogen) atoms. The Labute approximate surface area is 111 Å². The van der Waals surface area contributed by atoms with Crippen LogP contribution in [0.5, 0.6) is 0 Å². The average molecular weight is 290 g/mol. The molecular formula is C10H7BClF3N2O2. The van der Waals surface area contributed by atoms with E-state index in [1.54, 1.807) is 0 Å². The lowest BCUT2D eigenvalue weighted by atomic mass is 9.83. The van der Waals surface area contributed by atoms with E-state index in [1.165, 1.54) is 12.3 Å². The average Bonchev–Trinajstić information content (AvgIpc) is 2.77. The lowest BCUT2D eigenvalue weighted by molar-refractivity contribution is -0.137. The first-order valence-corrected chi connectivity index (χ1v) is 5.44. The van der Waals surface area contributed by atoms with E-state index in [4.69, 9.17) is 21.6 Å². The smallest absolute Gasteiger partial charge is 0.423 e. The van der Waals surface area contributed by atoms with Crippen LogP contribution in [-0.4, -0.2) is 26.9 Å².